The molecule has 0 radical (unpaired) electrons. The summed E-state index contributed by atoms with van der Waals surface area (Å²) < 4.78 is 10.7. The lowest BCUT2D eigenvalue weighted by Gasteiger charge is -2.26. The van der Waals surface area contributed by atoms with Crippen LogP contribution >= 0.6 is 0 Å². The monoisotopic (exact) mass is 523 g/mol. The average molecular weight is 524 g/mol. The van der Waals surface area contributed by atoms with Gasteiger partial charge in [0, 0.05) is 17.1 Å². The van der Waals surface area contributed by atoms with E-state index in [1.54, 1.807) is 14.2 Å². The third-order valence-electron chi connectivity index (χ3n) is 6.72. The van der Waals surface area contributed by atoms with E-state index in [9.17, 15) is 0 Å². The molecule has 0 amide bonds. The summed E-state index contributed by atoms with van der Waals surface area (Å²) in [5.74, 6) is 1.71. The van der Waals surface area contributed by atoms with Gasteiger partial charge >= 0.3 is 0 Å². The summed E-state index contributed by atoms with van der Waals surface area (Å²) >= 11 is 0. The molecule has 198 valence electrons. The molecule has 0 bridgehead atoms. The van der Waals surface area contributed by atoms with Crippen LogP contribution in [0, 0.1) is 6.92 Å². The van der Waals surface area contributed by atoms with Crippen LogP contribution in [0.2, 0.25) is 0 Å². The largest absolute Gasteiger partial charge is 0.497 e. The molecule has 5 aromatic carbocycles. The molecule has 0 saturated carbocycles. The van der Waals surface area contributed by atoms with Crippen molar-refractivity contribution in [1.82, 2.24) is 0 Å². The summed E-state index contributed by atoms with van der Waals surface area (Å²) in [5, 5.41) is 0. The first-order valence-electron chi connectivity index (χ1n) is 13.3. The van der Waals surface area contributed by atoms with Crippen molar-refractivity contribution in [2.45, 2.75) is 6.92 Å². The van der Waals surface area contributed by atoms with Crippen LogP contribution in [0.5, 0.6) is 11.5 Å². The highest BCUT2D eigenvalue weighted by molar-refractivity contribution is 5.79. The summed E-state index contributed by atoms with van der Waals surface area (Å²) in [4.78, 5) is 2.28. The number of benzene rings is 5. The molecular formula is C37H33NO2. The summed E-state index contributed by atoms with van der Waals surface area (Å²) in [5.41, 5.74) is 9.02. The Morgan fingerprint density at radius 1 is 0.450 bits per heavy atom. The van der Waals surface area contributed by atoms with E-state index in [4.69, 9.17) is 9.47 Å². The van der Waals surface area contributed by atoms with Gasteiger partial charge in [0.05, 0.1) is 14.2 Å². The van der Waals surface area contributed by atoms with Crippen LogP contribution < -0.4 is 14.4 Å². The van der Waals surface area contributed by atoms with Crippen molar-refractivity contribution in [2.24, 2.45) is 0 Å². The maximum absolute atomic E-state index is 5.34. The Kier molecular flexibility index (Phi) is 8.43. The molecule has 0 heterocycles. The van der Waals surface area contributed by atoms with Crippen molar-refractivity contribution >= 4 is 41.4 Å². The Morgan fingerprint density at radius 2 is 0.825 bits per heavy atom. The molecule has 0 saturated heterocycles. The molecular weight excluding hydrogens is 490 g/mol. The molecule has 0 spiro atoms. The van der Waals surface area contributed by atoms with Crippen molar-refractivity contribution in [3.63, 3.8) is 0 Å². The molecule has 0 fully saturated rings. The van der Waals surface area contributed by atoms with Gasteiger partial charge in [-0.1, -0.05) is 90.5 Å². The maximum atomic E-state index is 5.34. The smallest absolute Gasteiger partial charge is 0.119 e. The molecule has 5 aromatic rings. The minimum atomic E-state index is 0.855. The van der Waals surface area contributed by atoms with E-state index in [-0.39, 0.29) is 0 Å². The predicted molar refractivity (Wildman–Crippen MR) is 170 cm³/mol. The van der Waals surface area contributed by atoms with Gasteiger partial charge in [-0.2, -0.15) is 0 Å². The van der Waals surface area contributed by atoms with Crippen LogP contribution in [-0.2, 0) is 0 Å². The van der Waals surface area contributed by atoms with Gasteiger partial charge in [0.15, 0.2) is 0 Å². The molecule has 0 N–H and O–H groups in total. The Balaban J connectivity index is 1.39. The van der Waals surface area contributed by atoms with Crippen LogP contribution in [0.1, 0.15) is 27.8 Å². The first-order valence-corrected chi connectivity index (χ1v) is 13.3. The van der Waals surface area contributed by atoms with Crippen LogP contribution in [0.25, 0.3) is 24.3 Å². The second kappa shape index (κ2) is 12.7. The van der Waals surface area contributed by atoms with E-state index in [1.807, 2.05) is 36.4 Å². The first-order chi connectivity index (χ1) is 19.6. The van der Waals surface area contributed by atoms with Crippen LogP contribution in [0.3, 0.4) is 0 Å². The van der Waals surface area contributed by atoms with Gasteiger partial charge in [0.2, 0.25) is 0 Å². The highest BCUT2D eigenvalue weighted by Gasteiger charge is 2.12. The van der Waals surface area contributed by atoms with Gasteiger partial charge in [0.25, 0.3) is 0 Å². The first kappa shape index (κ1) is 26.6. The molecule has 40 heavy (non-hydrogen) atoms. The Labute approximate surface area is 237 Å². The molecule has 3 nitrogen and oxygen atoms in total. The van der Waals surface area contributed by atoms with Crippen LogP contribution in [0.4, 0.5) is 17.1 Å². The standard InChI is InChI=1S/C37H33NO2/c1-28-10-20-33(21-11-28)38(34-22-16-29(17-23-34)12-14-31-6-4-8-36(26-31)39-2)35-24-18-30(19-25-35)13-15-32-7-5-9-37(27-32)40-3/h4-27H,1-3H3/b14-12+,15-13+. The summed E-state index contributed by atoms with van der Waals surface area (Å²) in [6.07, 6.45) is 8.45. The van der Waals surface area contributed by atoms with Gasteiger partial charge in [-0.05, 0) is 89.8 Å². The number of anilines is 3. The fraction of sp³-hybridized carbons (Fsp3) is 0.0811. The number of hydrogen-bond acceptors (Lipinski definition) is 3. The zero-order valence-electron chi connectivity index (χ0n) is 23.1. The lowest BCUT2D eigenvalue weighted by Crippen LogP contribution is -2.09. The molecule has 5 rings (SSSR count). The normalized spacial score (nSPS) is 11.2. The second-order valence-electron chi connectivity index (χ2n) is 9.57. The number of hydrogen-bond donors (Lipinski definition) is 0. The minimum Gasteiger partial charge on any atom is -0.497 e. The summed E-state index contributed by atoms with van der Waals surface area (Å²) in [6.45, 7) is 2.11. The number of nitrogens with zero attached hydrogens (tertiary/aromatic N) is 1. The fourth-order valence-electron chi connectivity index (χ4n) is 4.49. The van der Waals surface area contributed by atoms with E-state index in [2.05, 4.69) is 121 Å². The van der Waals surface area contributed by atoms with E-state index >= 15 is 0 Å². The SMILES string of the molecule is COc1cccc(/C=C/c2ccc(N(c3ccc(C)cc3)c3ccc(/C=C/c4cccc(OC)c4)cc3)cc2)c1. The van der Waals surface area contributed by atoms with Gasteiger partial charge in [-0.25, -0.2) is 0 Å². The molecule has 0 aliphatic carbocycles. The number of aryl methyl sites for hydroxylation is 1. The van der Waals surface area contributed by atoms with Crippen LogP contribution in [-0.4, -0.2) is 14.2 Å². The third-order valence-corrected chi connectivity index (χ3v) is 6.72. The Bertz CT molecular complexity index is 1500. The average Bonchev–Trinajstić information content (AvgIpc) is 3.01. The molecule has 0 aromatic heterocycles. The van der Waals surface area contributed by atoms with E-state index < -0.39 is 0 Å². The molecule has 0 unspecified atom stereocenters. The fourth-order valence-corrected chi connectivity index (χ4v) is 4.49. The maximum Gasteiger partial charge on any atom is 0.119 e. The highest BCUT2D eigenvalue weighted by atomic mass is 16.5. The van der Waals surface area contributed by atoms with Crippen molar-refractivity contribution < 1.29 is 9.47 Å². The van der Waals surface area contributed by atoms with Crippen molar-refractivity contribution in [1.29, 1.82) is 0 Å². The second-order valence-corrected chi connectivity index (χ2v) is 9.57. The number of rotatable bonds is 9. The molecule has 0 aliphatic heterocycles. The Morgan fingerprint density at radius 3 is 1.23 bits per heavy atom. The van der Waals surface area contributed by atoms with Gasteiger partial charge < -0.3 is 14.4 Å². The van der Waals surface area contributed by atoms with Crippen molar-refractivity contribution in [3.8, 4) is 11.5 Å². The lowest BCUT2D eigenvalue weighted by molar-refractivity contribution is 0.414. The van der Waals surface area contributed by atoms with Gasteiger partial charge in [-0.15, -0.1) is 0 Å². The van der Waals surface area contributed by atoms with E-state index in [0.29, 0.717) is 0 Å². The quantitative estimate of drug-likeness (QED) is 0.179. The third kappa shape index (κ3) is 6.69. The zero-order chi connectivity index (χ0) is 27.7. The van der Waals surface area contributed by atoms with Gasteiger partial charge in [-0.3, -0.25) is 0 Å². The van der Waals surface area contributed by atoms with E-state index in [1.165, 1.54) is 5.56 Å². The minimum absolute atomic E-state index is 0.855. The number of ether oxygens (including phenoxy) is 2. The zero-order valence-corrected chi connectivity index (χ0v) is 23.1. The van der Waals surface area contributed by atoms with Crippen molar-refractivity contribution in [2.75, 3.05) is 19.1 Å². The number of methoxy groups -OCH3 is 2. The molecule has 0 aliphatic rings. The predicted octanol–water partition coefficient (Wildman–Crippen LogP) is 9.82. The Hall–Kier alpha value is -5.02. The summed E-state index contributed by atoms with van der Waals surface area (Å²) in [7, 11) is 3.38. The topological polar surface area (TPSA) is 21.7 Å². The van der Waals surface area contributed by atoms with Crippen molar-refractivity contribution in [3.05, 3.63) is 149 Å². The lowest BCUT2D eigenvalue weighted by atomic mass is 10.1. The van der Waals surface area contributed by atoms with Crippen LogP contribution in [0.15, 0.2) is 121 Å². The molecule has 0 atom stereocenters. The van der Waals surface area contributed by atoms with Gasteiger partial charge in [0.1, 0.15) is 11.5 Å². The molecule has 3 heteroatoms. The van der Waals surface area contributed by atoms with E-state index in [0.717, 1.165) is 50.8 Å². The highest BCUT2D eigenvalue weighted by Crippen LogP contribution is 2.35. The summed E-state index contributed by atoms with van der Waals surface area (Å²) in [6, 6.07) is 42.0.